The molecular formula is C12H18N4O. The van der Waals surface area contributed by atoms with Gasteiger partial charge in [-0.3, -0.25) is 9.89 Å². The summed E-state index contributed by atoms with van der Waals surface area (Å²) in [7, 11) is 0. The molecule has 1 aromatic heterocycles. The van der Waals surface area contributed by atoms with Crippen LogP contribution in [0.5, 0.6) is 0 Å². The van der Waals surface area contributed by atoms with E-state index in [4.69, 9.17) is 5.26 Å². The van der Waals surface area contributed by atoms with E-state index in [1.165, 1.54) is 5.56 Å². The molecule has 0 aromatic carbocycles. The molecule has 0 aliphatic rings. The number of rotatable bonds is 5. The lowest BCUT2D eigenvalue weighted by molar-refractivity contribution is -0.126. The number of nitrogens with one attached hydrogen (secondary N) is 2. The molecule has 0 saturated carbocycles. The van der Waals surface area contributed by atoms with Crippen LogP contribution in [-0.2, 0) is 11.2 Å². The van der Waals surface area contributed by atoms with Crippen molar-refractivity contribution in [2.45, 2.75) is 33.6 Å². The van der Waals surface area contributed by atoms with Crippen LogP contribution in [0, 0.1) is 23.7 Å². The molecule has 0 aliphatic carbocycles. The SMILES string of the molecule is Cc1[nH]ncc1CCCNC(=O)C(C)(C)C#N. The van der Waals surface area contributed by atoms with Crippen LogP contribution < -0.4 is 5.32 Å². The van der Waals surface area contributed by atoms with Gasteiger partial charge in [-0.15, -0.1) is 0 Å². The van der Waals surface area contributed by atoms with E-state index in [0.29, 0.717) is 6.54 Å². The van der Waals surface area contributed by atoms with Crippen molar-refractivity contribution in [1.29, 1.82) is 5.26 Å². The van der Waals surface area contributed by atoms with Gasteiger partial charge in [0.05, 0.1) is 12.3 Å². The Morgan fingerprint density at radius 1 is 1.65 bits per heavy atom. The number of nitrogens with zero attached hydrogens (tertiary/aromatic N) is 2. The van der Waals surface area contributed by atoms with Crippen molar-refractivity contribution in [3.05, 3.63) is 17.5 Å². The number of carbonyl (C=O) groups is 1. The minimum Gasteiger partial charge on any atom is -0.355 e. The molecule has 1 heterocycles. The van der Waals surface area contributed by atoms with Crippen LogP contribution in [0.15, 0.2) is 6.20 Å². The van der Waals surface area contributed by atoms with Crippen LogP contribution in [0.25, 0.3) is 0 Å². The Bertz CT molecular complexity index is 428. The van der Waals surface area contributed by atoms with Crippen molar-refractivity contribution >= 4 is 5.91 Å². The molecular weight excluding hydrogens is 216 g/mol. The monoisotopic (exact) mass is 234 g/mol. The highest BCUT2D eigenvalue weighted by atomic mass is 16.2. The number of amides is 1. The molecule has 0 bridgehead atoms. The van der Waals surface area contributed by atoms with Gasteiger partial charge in [-0.1, -0.05) is 0 Å². The molecule has 0 saturated heterocycles. The maximum atomic E-state index is 11.6. The number of carbonyl (C=O) groups excluding carboxylic acids is 1. The van der Waals surface area contributed by atoms with E-state index in [2.05, 4.69) is 15.5 Å². The Balaban J connectivity index is 2.28. The summed E-state index contributed by atoms with van der Waals surface area (Å²) in [5.74, 6) is -0.219. The molecule has 1 amide bonds. The highest BCUT2D eigenvalue weighted by Gasteiger charge is 2.26. The summed E-state index contributed by atoms with van der Waals surface area (Å²) < 4.78 is 0. The van der Waals surface area contributed by atoms with E-state index in [0.717, 1.165) is 18.5 Å². The number of H-pyrrole nitrogens is 1. The maximum absolute atomic E-state index is 11.6. The van der Waals surface area contributed by atoms with E-state index in [1.54, 1.807) is 20.0 Å². The summed E-state index contributed by atoms with van der Waals surface area (Å²) >= 11 is 0. The second-order valence-electron chi connectivity index (χ2n) is 4.62. The molecule has 1 aromatic rings. The highest BCUT2D eigenvalue weighted by molar-refractivity contribution is 5.84. The van der Waals surface area contributed by atoms with Gasteiger partial charge < -0.3 is 5.32 Å². The van der Waals surface area contributed by atoms with Crippen molar-refractivity contribution < 1.29 is 4.79 Å². The highest BCUT2D eigenvalue weighted by Crippen LogP contribution is 2.12. The Kier molecular flexibility index (Phi) is 4.27. The van der Waals surface area contributed by atoms with E-state index in [9.17, 15) is 4.79 Å². The third-order valence-electron chi connectivity index (χ3n) is 2.69. The second-order valence-corrected chi connectivity index (χ2v) is 4.62. The lowest BCUT2D eigenvalue weighted by Gasteiger charge is -2.14. The fraction of sp³-hybridized carbons (Fsp3) is 0.583. The molecule has 5 nitrogen and oxygen atoms in total. The molecule has 0 atom stereocenters. The Morgan fingerprint density at radius 2 is 2.35 bits per heavy atom. The van der Waals surface area contributed by atoms with Crippen molar-refractivity contribution in [3.63, 3.8) is 0 Å². The summed E-state index contributed by atoms with van der Waals surface area (Å²) in [4.78, 5) is 11.6. The molecule has 92 valence electrons. The van der Waals surface area contributed by atoms with Gasteiger partial charge in [-0.25, -0.2) is 0 Å². The molecule has 2 N–H and O–H groups in total. The van der Waals surface area contributed by atoms with Crippen LogP contribution >= 0.6 is 0 Å². The van der Waals surface area contributed by atoms with Gasteiger partial charge in [0.1, 0.15) is 5.41 Å². The number of hydrogen-bond acceptors (Lipinski definition) is 3. The lowest BCUT2D eigenvalue weighted by Crippen LogP contribution is -2.36. The smallest absolute Gasteiger partial charge is 0.239 e. The Labute approximate surface area is 101 Å². The second kappa shape index (κ2) is 5.48. The third kappa shape index (κ3) is 3.59. The van der Waals surface area contributed by atoms with E-state index < -0.39 is 5.41 Å². The first kappa shape index (κ1) is 13.2. The van der Waals surface area contributed by atoms with Crippen LogP contribution in [0.3, 0.4) is 0 Å². The molecule has 0 unspecified atom stereocenters. The number of aryl methyl sites for hydroxylation is 2. The van der Waals surface area contributed by atoms with E-state index in [1.807, 2.05) is 13.0 Å². The minimum atomic E-state index is -0.953. The van der Waals surface area contributed by atoms with Crippen molar-refractivity contribution in [2.24, 2.45) is 5.41 Å². The summed E-state index contributed by atoms with van der Waals surface area (Å²) in [6.45, 7) is 5.78. The van der Waals surface area contributed by atoms with Gasteiger partial charge in [0.25, 0.3) is 0 Å². The molecule has 0 radical (unpaired) electrons. The standard InChI is InChI=1S/C12H18N4O/c1-9-10(7-15-16-9)5-4-6-14-11(17)12(2,3)8-13/h7H,4-6H2,1-3H3,(H,14,17)(H,15,16). The zero-order chi connectivity index (χ0) is 12.9. The normalized spacial score (nSPS) is 10.9. The predicted octanol–water partition coefficient (Wildman–Crippen LogP) is 1.32. The minimum absolute atomic E-state index is 0.219. The lowest BCUT2D eigenvalue weighted by atomic mass is 9.95. The average Bonchev–Trinajstić information content (AvgIpc) is 2.70. The number of aromatic nitrogens is 2. The average molecular weight is 234 g/mol. The number of aromatic amines is 1. The van der Waals surface area contributed by atoms with Crippen LogP contribution in [-0.4, -0.2) is 22.6 Å². The molecule has 0 aliphatic heterocycles. The van der Waals surface area contributed by atoms with Crippen molar-refractivity contribution in [1.82, 2.24) is 15.5 Å². The zero-order valence-corrected chi connectivity index (χ0v) is 10.5. The van der Waals surface area contributed by atoms with E-state index >= 15 is 0 Å². The maximum Gasteiger partial charge on any atom is 0.239 e. The van der Waals surface area contributed by atoms with Gasteiger partial charge in [-0.2, -0.15) is 10.4 Å². The molecule has 1 rings (SSSR count). The van der Waals surface area contributed by atoms with Crippen molar-refractivity contribution in [2.75, 3.05) is 6.54 Å². The van der Waals surface area contributed by atoms with Gasteiger partial charge in [-0.05, 0) is 39.2 Å². The predicted molar refractivity (Wildman–Crippen MR) is 64.0 cm³/mol. The molecule has 0 fully saturated rings. The van der Waals surface area contributed by atoms with Gasteiger partial charge in [0.2, 0.25) is 5.91 Å². The van der Waals surface area contributed by atoms with Gasteiger partial charge >= 0.3 is 0 Å². The first-order chi connectivity index (χ1) is 7.97. The Morgan fingerprint density at radius 3 is 2.88 bits per heavy atom. The van der Waals surface area contributed by atoms with Gasteiger partial charge in [0, 0.05) is 12.2 Å². The Hall–Kier alpha value is -1.83. The quantitative estimate of drug-likeness (QED) is 0.754. The fourth-order valence-electron chi connectivity index (χ4n) is 1.38. The molecule has 0 spiro atoms. The van der Waals surface area contributed by atoms with Crippen LogP contribution in [0.1, 0.15) is 31.5 Å². The summed E-state index contributed by atoms with van der Waals surface area (Å²) in [5, 5.41) is 18.4. The van der Waals surface area contributed by atoms with Crippen molar-refractivity contribution in [3.8, 4) is 6.07 Å². The summed E-state index contributed by atoms with van der Waals surface area (Å²) in [5.41, 5.74) is 1.28. The van der Waals surface area contributed by atoms with Crippen LogP contribution in [0.2, 0.25) is 0 Å². The molecule has 17 heavy (non-hydrogen) atoms. The first-order valence-electron chi connectivity index (χ1n) is 5.66. The fourth-order valence-corrected chi connectivity index (χ4v) is 1.38. The summed E-state index contributed by atoms with van der Waals surface area (Å²) in [6.07, 6.45) is 3.51. The van der Waals surface area contributed by atoms with Gasteiger partial charge in [0.15, 0.2) is 0 Å². The first-order valence-corrected chi connectivity index (χ1v) is 5.66. The van der Waals surface area contributed by atoms with E-state index in [-0.39, 0.29) is 5.91 Å². The number of hydrogen-bond donors (Lipinski definition) is 2. The molecule has 5 heteroatoms. The zero-order valence-electron chi connectivity index (χ0n) is 10.5. The van der Waals surface area contributed by atoms with Crippen LogP contribution in [0.4, 0.5) is 0 Å². The third-order valence-corrected chi connectivity index (χ3v) is 2.69. The largest absolute Gasteiger partial charge is 0.355 e. The summed E-state index contributed by atoms with van der Waals surface area (Å²) in [6, 6.07) is 1.98. The number of nitriles is 1. The topological polar surface area (TPSA) is 81.6 Å².